The van der Waals surface area contributed by atoms with Crippen LogP contribution in [0.1, 0.15) is 17.5 Å². The molecule has 2 aromatic rings. The first kappa shape index (κ1) is 15.4. The molecule has 3 rings (SSSR count). The molecule has 0 heterocycles. The molecule has 0 saturated heterocycles. The Morgan fingerprint density at radius 1 is 1.00 bits per heavy atom. The Morgan fingerprint density at radius 2 is 1.73 bits per heavy atom. The fraction of sp³-hybridized carbons (Fsp3) is 0.333. The lowest BCUT2D eigenvalue weighted by Crippen LogP contribution is -2.54. The summed E-state index contributed by atoms with van der Waals surface area (Å²) in [7, 11) is 1.13. The van der Waals surface area contributed by atoms with Crippen molar-refractivity contribution in [3.63, 3.8) is 0 Å². The summed E-state index contributed by atoms with van der Waals surface area (Å²) >= 11 is 0. The number of benzene rings is 2. The van der Waals surface area contributed by atoms with E-state index < -0.39 is 8.56 Å². The van der Waals surface area contributed by atoms with Gasteiger partial charge < -0.3 is 14.6 Å². The van der Waals surface area contributed by atoms with Crippen LogP contribution in [-0.4, -0.2) is 29.3 Å². The van der Waals surface area contributed by atoms with Crippen molar-refractivity contribution >= 4 is 13.7 Å². The molecule has 3 nitrogen and oxygen atoms in total. The van der Waals surface area contributed by atoms with Gasteiger partial charge in [-0.1, -0.05) is 42.5 Å². The predicted molar refractivity (Wildman–Crippen MR) is 92.6 cm³/mol. The van der Waals surface area contributed by atoms with Crippen molar-refractivity contribution in [2.75, 3.05) is 20.8 Å². The molecule has 0 fully saturated rings. The third kappa shape index (κ3) is 2.42. The monoisotopic (exact) mass is 313 g/mol. The summed E-state index contributed by atoms with van der Waals surface area (Å²) in [5.41, 5.74) is 11.1. The molecule has 0 amide bonds. The lowest BCUT2D eigenvalue weighted by Gasteiger charge is -2.29. The highest BCUT2D eigenvalue weighted by Crippen LogP contribution is 2.36. The van der Waals surface area contributed by atoms with Gasteiger partial charge in [0.05, 0.1) is 0 Å². The molecule has 1 aliphatic carbocycles. The molecule has 1 aliphatic rings. The molecule has 0 aromatic heterocycles. The van der Waals surface area contributed by atoms with Gasteiger partial charge in [-0.25, -0.2) is 0 Å². The lowest BCUT2D eigenvalue weighted by atomic mass is 10.1. The van der Waals surface area contributed by atoms with E-state index in [-0.39, 0.29) is 0 Å². The molecular weight excluding hydrogens is 290 g/mol. The van der Waals surface area contributed by atoms with Crippen LogP contribution in [0.4, 0.5) is 0 Å². The maximum absolute atomic E-state index is 5.96. The molecule has 0 atom stereocenters. The molecule has 116 valence electrons. The number of rotatable bonds is 6. The van der Waals surface area contributed by atoms with E-state index in [0.717, 1.165) is 18.9 Å². The minimum atomic E-state index is -2.42. The quantitative estimate of drug-likeness (QED) is 0.711. The van der Waals surface area contributed by atoms with Crippen LogP contribution in [0.2, 0.25) is 6.04 Å². The van der Waals surface area contributed by atoms with Crippen LogP contribution < -0.4 is 10.9 Å². The molecule has 2 N–H and O–H groups in total. The Balaban J connectivity index is 2.10. The van der Waals surface area contributed by atoms with Crippen molar-refractivity contribution in [3.05, 3.63) is 53.6 Å². The molecule has 22 heavy (non-hydrogen) atoms. The van der Waals surface area contributed by atoms with E-state index in [1.54, 1.807) is 14.2 Å². The molecular formula is C18H23NO2Si. The van der Waals surface area contributed by atoms with E-state index in [0.29, 0.717) is 6.54 Å². The zero-order chi connectivity index (χ0) is 15.6. The Hall–Kier alpha value is -1.46. The third-order valence-electron chi connectivity index (χ3n) is 4.63. The maximum atomic E-state index is 5.96. The lowest BCUT2D eigenvalue weighted by molar-refractivity contribution is 0.256. The average Bonchev–Trinajstić information content (AvgIpc) is 2.95. The van der Waals surface area contributed by atoms with Gasteiger partial charge in [-0.3, -0.25) is 0 Å². The summed E-state index contributed by atoms with van der Waals surface area (Å²) < 4.78 is 11.9. The summed E-state index contributed by atoms with van der Waals surface area (Å²) in [6, 6.07) is 16.0. The Labute approximate surface area is 133 Å². The largest absolute Gasteiger partial charge is 0.394 e. The van der Waals surface area contributed by atoms with E-state index in [1.165, 1.54) is 27.4 Å². The highest BCUT2D eigenvalue weighted by molar-refractivity contribution is 6.81. The van der Waals surface area contributed by atoms with Gasteiger partial charge in [0, 0.05) is 14.2 Å². The van der Waals surface area contributed by atoms with Gasteiger partial charge in [-0.05, 0) is 52.9 Å². The molecule has 0 radical (unpaired) electrons. The zero-order valence-electron chi connectivity index (χ0n) is 13.3. The normalized spacial score (nSPS) is 13.0. The van der Waals surface area contributed by atoms with Crippen LogP contribution in [0.15, 0.2) is 42.5 Å². The van der Waals surface area contributed by atoms with E-state index in [4.69, 9.17) is 14.6 Å². The number of fused-ring (bicyclic) bond motifs is 3. The van der Waals surface area contributed by atoms with Crippen molar-refractivity contribution < 1.29 is 8.85 Å². The van der Waals surface area contributed by atoms with Gasteiger partial charge >= 0.3 is 8.56 Å². The van der Waals surface area contributed by atoms with Crippen LogP contribution in [0.25, 0.3) is 11.1 Å². The third-order valence-corrected chi connectivity index (χ3v) is 8.25. The molecule has 0 unspecified atom stereocenters. The van der Waals surface area contributed by atoms with Gasteiger partial charge in [0.2, 0.25) is 0 Å². The molecule has 0 saturated carbocycles. The van der Waals surface area contributed by atoms with Crippen molar-refractivity contribution in [2.24, 2.45) is 5.73 Å². The SMILES string of the molecule is CO[Si](CCCN)(OC)c1cccc2c1Cc1ccccc1-2. The zero-order valence-corrected chi connectivity index (χ0v) is 14.3. The van der Waals surface area contributed by atoms with E-state index in [2.05, 4.69) is 42.5 Å². The summed E-state index contributed by atoms with van der Waals surface area (Å²) in [6.07, 6.45) is 1.89. The second-order valence-electron chi connectivity index (χ2n) is 5.72. The van der Waals surface area contributed by atoms with Gasteiger partial charge in [-0.2, -0.15) is 0 Å². The standard InChI is InChI=1S/C18H23NO2Si/c1-20-22(21-2,12-6-11-19)18-10-5-9-16-15-8-4-3-7-14(15)13-17(16)18/h3-5,7-10H,6,11-13,19H2,1-2H3. The van der Waals surface area contributed by atoms with Gasteiger partial charge in [-0.15, -0.1) is 0 Å². The van der Waals surface area contributed by atoms with Crippen molar-refractivity contribution in [3.8, 4) is 11.1 Å². The van der Waals surface area contributed by atoms with E-state index >= 15 is 0 Å². The molecule has 4 heteroatoms. The average molecular weight is 313 g/mol. The highest BCUT2D eigenvalue weighted by atomic mass is 28.4. The van der Waals surface area contributed by atoms with Gasteiger partial charge in [0.25, 0.3) is 0 Å². The molecule has 0 aliphatic heterocycles. The van der Waals surface area contributed by atoms with Crippen molar-refractivity contribution in [2.45, 2.75) is 18.9 Å². The minimum Gasteiger partial charge on any atom is -0.394 e. The van der Waals surface area contributed by atoms with Gasteiger partial charge in [0.15, 0.2) is 0 Å². The number of hydrogen-bond acceptors (Lipinski definition) is 3. The second kappa shape index (κ2) is 6.34. The van der Waals surface area contributed by atoms with E-state index in [1.807, 2.05) is 0 Å². The van der Waals surface area contributed by atoms with Crippen molar-refractivity contribution in [1.82, 2.24) is 0 Å². The summed E-state index contributed by atoms with van der Waals surface area (Å²) in [6.45, 7) is 0.663. The topological polar surface area (TPSA) is 44.5 Å². The Kier molecular flexibility index (Phi) is 4.45. The van der Waals surface area contributed by atoms with Crippen LogP contribution in [0.5, 0.6) is 0 Å². The van der Waals surface area contributed by atoms with Crippen LogP contribution in [0.3, 0.4) is 0 Å². The van der Waals surface area contributed by atoms with Crippen LogP contribution in [-0.2, 0) is 15.3 Å². The highest BCUT2D eigenvalue weighted by Gasteiger charge is 2.41. The van der Waals surface area contributed by atoms with Gasteiger partial charge in [0.1, 0.15) is 0 Å². The minimum absolute atomic E-state index is 0.663. The Bertz CT molecular complexity index is 668. The fourth-order valence-corrected chi connectivity index (χ4v) is 6.48. The number of nitrogens with two attached hydrogens (primary N) is 1. The van der Waals surface area contributed by atoms with Crippen LogP contribution in [0, 0.1) is 0 Å². The fourth-order valence-electron chi connectivity index (χ4n) is 3.49. The summed E-state index contributed by atoms with van der Waals surface area (Å²) in [4.78, 5) is 0. The smallest absolute Gasteiger partial charge is 0.372 e. The molecule has 0 bridgehead atoms. The first-order valence-electron chi connectivity index (χ1n) is 7.77. The van der Waals surface area contributed by atoms with Crippen LogP contribution >= 0.6 is 0 Å². The molecule has 2 aromatic carbocycles. The first-order chi connectivity index (χ1) is 10.8. The second-order valence-corrected chi connectivity index (χ2v) is 9.08. The molecule has 0 spiro atoms. The van der Waals surface area contributed by atoms with E-state index in [9.17, 15) is 0 Å². The summed E-state index contributed by atoms with van der Waals surface area (Å²) in [5.74, 6) is 0. The predicted octanol–water partition coefficient (Wildman–Crippen LogP) is 2.55. The van der Waals surface area contributed by atoms with Crippen molar-refractivity contribution in [1.29, 1.82) is 0 Å². The number of hydrogen-bond donors (Lipinski definition) is 1. The maximum Gasteiger partial charge on any atom is 0.372 e. The first-order valence-corrected chi connectivity index (χ1v) is 9.79. The summed E-state index contributed by atoms with van der Waals surface area (Å²) in [5, 5.41) is 1.26. The Morgan fingerprint density at radius 3 is 2.45 bits per heavy atom.